The van der Waals surface area contributed by atoms with Crippen molar-refractivity contribution in [2.24, 2.45) is 0 Å². The van der Waals surface area contributed by atoms with Gasteiger partial charge in [-0.3, -0.25) is 0 Å². The van der Waals surface area contributed by atoms with E-state index in [0.29, 0.717) is 11.7 Å². The SMILES string of the molecule is Ic1ccc(Nc2nc(-c3cncnc3)co2)cc1. The van der Waals surface area contributed by atoms with Gasteiger partial charge in [0.25, 0.3) is 6.01 Å². The molecule has 0 atom stereocenters. The highest BCUT2D eigenvalue weighted by molar-refractivity contribution is 14.1. The lowest BCUT2D eigenvalue weighted by Crippen LogP contribution is -1.90. The number of rotatable bonds is 3. The van der Waals surface area contributed by atoms with Gasteiger partial charge in [0.1, 0.15) is 18.3 Å². The van der Waals surface area contributed by atoms with E-state index in [1.807, 2.05) is 24.3 Å². The lowest BCUT2D eigenvalue weighted by Gasteiger charge is -2.00. The molecule has 0 radical (unpaired) electrons. The summed E-state index contributed by atoms with van der Waals surface area (Å²) in [5.41, 5.74) is 2.45. The van der Waals surface area contributed by atoms with Crippen molar-refractivity contribution in [1.29, 1.82) is 0 Å². The molecular formula is C13H9IN4O. The molecule has 1 N–H and O–H groups in total. The van der Waals surface area contributed by atoms with Crippen LogP contribution in [0, 0.1) is 3.57 Å². The van der Waals surface area contributed by atoms with Crippen LogP contribution in [0.4, 0.5) is 11.7 Å². The van der Waals surface area contributed by atoms with Gasteiger partial charge in [-0.1, -0.05) is 0 Å². The van der Waals surface area contributed by atoms with Gasteiger partial charge in [-0.25, -0.2) is 9.97 Å². The molecule has 3 aromatic rings. The van der Waals surface area contributed by atoms with Gasteiger partial charge in [0, 0.05) is 27.2 Å². The van der Waals surface area contributed by atoms with Crippen LogP contribution in [0.5, 0.6) is 0 Å². The van der Waals surface area contributed by atoms with Crippen LogP contribution in [-0.2, 0) is 0 Å². The maximum atomic E-state index is 5.37. The summed E-state index contributed by atoms with van der Waals surface area (Å²) < 4.78 is 6.55. The first kappa shape index (κ1) is 12.1. The third-order valence-electron chi connectivity index (χ3n) is 2.46. The van der Waals surface area contributed by atoms with Crippen LogP contribution >= 0.6 is 22.6 Å². The number of oxazole rings is 1. The Morgan fingerprint density at radius 1 is 1.05 bits per heavy atom. The van der Waals surface area contributed by atoms with Gasteiger partial charge in [-0.15, -0.1) is 0 Å². The number of benzene rings is 1. The summed E-state index contributed by atoms with van der Waals surface area (Å²) in [6, 6.07) is 8.41. The molecule has 0 aliphatic rings. The molecule has 0 spiro atoms. The molecule has 0 amide bonds. The average Bonchev–Trinajstić information content (AvgIpc) is 2.91. The van der Waals surface area contributed by atoms with Crippen molar-refractivity contribution in [3.8, 4) is 11.3 Å². The minimum Gasteiger partial charge on any atom is -0.431 e. The van der Waals surface area contributed by atoms with Crippen LogP contribution in [0.15, 0.2) is 53.7 Å². The van der Waals surface area contributed by atoms with Crippen molar-refractivity contribution in [3.05, 3.63) is 52.8 Å². The molecule has 0 saturated heterocycles. The number of anilines is 2. The number of nitrogens with zero attached hydrogens (tertiary/aromatic N) is 3. The average molecular weight is 364 g/mol. The van der Waals surface area contributed by atoms with Gasteiger partial charge in [-0.2, -0.15) is 4.98 Å². The smallest absolute Gasteiger partial charge is 0.299 e. The van der Waals surface area contributed by atoms with Crippen molar-refractivity contribution >= 4 is 34.3 Å². The number of nitrogens with one attached hydrogen (secondary N) is 1. The first-order chi connectivity index (χ1) is 9.31. The third-order valence-corrected chi connectivity index (χ3v) is 3.18. The molecule has 6 heteroatoms. The summed E-state index contributed by atoms with van der Waals surface area (Å²) >= 11 is 2.26. The Morgan fingerprint density at radius 3 is 2.53 bits per heavy atom. The Kier molecular flexibility index (Phi) is 3.41. The zero-order valence-electron chi connectivity index (χ0n) is 9.75. The van der Waals surface area contributed by atoms with Crippen LogP contribution in [-0.4, -0.2) is 15.0 Å². The van der Waals surface area contributed by atoms with E-state index in [2.05, 4.69) is 42.9 Å². The second-order valence-corrected chi connectivity index (χ2v) is 5.04. The molecular weight excluding hydrogens is 355 g/mol. The third kappa shape index (κ3) is 2.90. The van der Waals surface area contributed by atoms with Crippen LogP contribution < -0.4 is 5.32 Å². The predicted octanol–water partition coefficient (Wildman–Crippen LogP) is 3.48. The fraction of sp³-hybridized carbons (Fsp3) is 0. The maximum absolute atomic E-state index is 5.37. The number of hydrogen-bond acceptors (Lipinski definition) is 5. The molecule has 0 unspecified atom stereocenters. The Balaban J connectivity index is 1.80. The molecule has 0 aliphatic heterocycles. The summed E-state index contributed by atoms with van der Waals surface area (Å²) in [7, 11) is 0. The number of aromatic nitrogens is 3. The van der Waals surface area contributed by atoms with E-state index in [1.165, 1.54) is 9.90 Å². The molecule has 2 heterocycles. The molecule has 5 nitrogen and oxygen atoms in total. The Hall–Kier alpha value is -1.96. The summed E-state index contributed by atoms with van der Waals surface area (Å²) in [6.45, 7) is 0. The van der Waals surface area contributed by atoms with Crippen LogP contribution in [0.1, 0.15) is 0 Å². The molecule has 94 valence electrons. The van der Waals surface area contributed by atoms with Crippen LogP contribution in [0.3, 0.4) is 0 Å². The second-order valence-electron chi connectivity index (χ2n) is 3.80. The molecule has 0 saturated carbocycles. The highest BCUT2D eigenvalue weighted by Gasteiger charge is 2.06. The van der Waals surface area contributed by atoms with Gasteiger partial charge in [0.05, 0.1) is 0 Å². The quantitative estimate of drug-likeness (QED) is 0.721. The van der Waals surface area contributed by atoms with E-state index < -0.39 is 0 Å². The fourth-order valence-electron chi connectivity index (χ4n) is 1.55. The molecule has 1 aromatic carbocycles. The van der Waals surface area contributed by atoms with Gasteiger partial charge >= 0.3 is 0 Å². The van der Waals surface area contributed by atoms with Crippen LogP contribution in [0.2, 0.25) is 0 Å². The standard InChI is InChI=1S/C13H9IN4O/c14-10-1-3-11(4-2-10)17-13-18-12(7-19-13)9-5-15-8-16-6-9/h1-8H,(H,17,18). The summed E-state index contributed by atoms with van der Waals surface area (Å²) in [6.07, 6.45) is 6.45. The maximum Gasteiger partial charge on any atom is 0.299 e. The van der Waals surface area contributed by atoms with Crippen LogP contribution in [0.25, 0.3) is 11.3 Å². The lowest BCUT2D eigenvalue weighted by atomic mass is 10.3. The van der Waals surface area contributed by atoms with E-state index in [4.69, 9.17) is 4.42 Å². The largest absolute Gasteiger partial charge is 0.431 e. The first-order valence-corrected chi connectivity index (χ1v) is 6.62. The normalized spacial score (nSPS) is 10.4. The highest BCUT2D eigenvalue weighted by atomic mass is 127. The lowest BCUT2D eigenvalue weighted by molar-refractivity contribution is 0.578. The highest BCUT2D eigenvalue weighted by Crippen LogP contribution is 2.22. The van der Waals surface area contributed by atoms with Crippen molar-refractivity contribution in [2.45, 2.75) is 0 Å². The number of hydrogen-bond donors (Lipinski definition) is 1. The number of halogens is 1. The summed E-state index contributed by atoms with van der Waals surface area (Å²) in [4.78, 5) is 12.2. The minimum absolute atomic E-state index is 0.445. The van der Waals surface area contributed by atoms with E-state index in [9.17, 15) is 0 Å². The topological polar surface area (TPSA) is 63.8 Å². The molecule has 19 heavy (non-hydrogen) atoms. The van der Waals surface area contributed by atoms with Gasteiger partial charge in [0.15, 0.2) is 0 Å². The van der Waals surface area contributed by atoms with E-state index in [0.717, 1.165) is 11.3 Å². The zero-order chi connectivity index (χ0) is 13.1. The molecule has 0 aliphatic carbocycles. The van der Waals surface area contributed by atoms with Gasteiger partial charge < -0.3 is 9.73 Å². The summed E-state index contributed by atoms with van der Waals surface area (Å²) in [5.74, 6) is 0. The van der Waals surface area contributed by atoms with E-state index >= 15 is 0 Å². The zero-order valence-corrected chi connectivity index (χ0v) is 11.9. The molecule has 0 fully saturated rings. The van der Waals surface area contributed by atoms with Gasteiger partial charge in [-0.05, 0) is 46.9 Å². The molecule has 0 bridgehead atoms. The Bertz CT molecular complexity index is 667. The van der Waals surface area contributed by atoms with Gasteiger partial charge in [0.2, 0.25) is 0 Å². The molecule has 2 aromatic heterocycles. The van der Waals surface area contributed by atoms with Crippen molar-refractivity contribution < 1.29 is 4.42 Å². The fourth-order valence-corrected chi connectivity index (χ4v) is 1.91. The van der Waals surface area contributed by atoms with Crippen molar-refractivity contribution in [1.82, 2.24) is 15.0 Å². The Labute approximate surface area is 123 Å². The monoisotopic (exact) mass is 364 g/mol. The van der Waals surface area contributed by atoms with Crippen molar-refractivity contribution in [2.75, 3.05) is 5.32 Å². The second kappa shape index (κ2) is 5.35. The predicted molar refractivity (Wildman–Crippen MR) is 80.0 cm³/mol. The minimum atomic E-state index is 0.445. The first-order valence-electron chi connectivity index (χ1n) is 5.55. The summed E-state index contributed by atoms with van der Waals surface area (Å²) in [5, 5.41) is 3.10. The Morgan fingerprint density at radius 2 is 1.79 bits per heavy atom. The van der Waals surface area contributed by atoms with E-state index in [1.54, 1.807) is 18.7 Å². The molecule has 3 rings (SSSR count). The van der Waals surface area contributed by atoms with Crippen molar-refractivity contribution in [3.63, 3.8) is 0 Å². The van der Waals surface area contributed by atoms with E-state index in [-0.39, 0.29) is 0 Å².